The van der Waals surface area contributed by atoms with Gasteiger partial charge in [0.1, 0.15) is 5.82 Å². The van der Waals surface area contributed by atoms with Gasteiger partial charge in [0.2, 0.25) is 0 Å². The van der Waals surface area contributed by atoms with E-state index in [0.29, 0.717) is 0 Å². The molecule has 0 aromatic carbocycles. The van der Waals surface area contributed by atoms with E-state index in [2.05, 4.69) is 73.4 Å². The van der Waals surface area contributed by atoms with Gasteiger partial charge in [0, 0.05) is 50.6 Å². The van der Waals surface area contributed by atoms with E-state index in [1.54, 1.807) is 11.3 Å². The van der Waals surface area contributed by atoms with Crippen molar-refractivity contribution >= 4 is 33.1 Å². The Morgan fingerprint density at radius 1 is 1.14 bits per heavy atom. The summed E-state index contributed by atoms with van der Waals surface area (Å²) in [6, 6.07) is 6.44. The first-order chi connectivity index (χ1) is 17.2. The predicted octanol–water partition coefficient (Wildman–Crippen LogP) is 5.59. The summed E-state index contributed by atoms with van der Waals surface area (Å²) < 4.78 is 15.2. The number of aromatic nitrogens is 3. The summed E-state index contributed by atoms with van der Waals surface area (Å²) in [6.45, 7) is 15.4. The second-order valence-corrected chi connectivity index (χ2v) is 12.2. The number of ether oxygens (including phenoxy) is 2. The van der Waals surface area contributed by atoms with E-state index in [4.69, 9.17) is 14.5 Å². The molecule has 8 nitrogen and oxygen atoms in total. The van der Waals surface area contributed by atoms with Crippen molar-refractivity contribution in [2.45, 2.75) is 77.9 Å². The lowest BCUT2D eigenvalue weighted by molar-refractivity contribution is -0.0667. The third-order valence-corrected chi connectivity index (χ3v) is 7.75. The average molecular weight is 513 g/mol. The van der Waals surface area contributed by atoms with E-state index in [-0.39, 0.29) is 24.0 Å². The fraction of sp³-hybridized carbons (Fsp3) is 0.630. The Morgan fingerprint density at radius 3 is 2.67 bits per heavy atom. The van der Waals surface area contributed by atoms with E-state index in [9.17, 15) is 0 Å². The number of fused-ring (bicyclic) bond motifs is 1. The number of morpholine rings is 1. The van der Waals surface area contributed by atoms with Crippen LogP contribution < -0.4 is 10.6 Å². The summed E-state index contributed by atoms with van der Waals surface area (Å²) in [6.07, 6.45) is 5.75. The van der Waals surface area contributed by atoms with Crippen LogP contribution in [0.4, 0.5) is 11.5 Å². The van der Waals surface area contributed by atoms with E-state index in [0.717, 1.165) is 73.2 Å². The van der Waals surface area contributed by atoms with Gasteiger partial charge in [-0.25, -0.2) is 9.67 Å². The molecule has 196 valence electrons. The zero-order valence-corrected chi connectivity index (χ0v) is 23.0. The maximum absolute atomic E-state index is 6.04. The molecule has 5 rings (SSSR count). The molecule has 0 aliphatic carbocycles. The average Bonchev–Trinajstić information content (AvgIpc) is 3.45. The van der Waals surface area contributed by atoms with E-state index < -0.39 is 0 Å². The number of thiophene rings is 1. The molecule has 36 heavy (non-hydrogen) atoms. The maximum Gasteiger partial charge on any atom is 0.150 e. The SMILES string of the molecule is C[C@@H]1CN(CCNc2cc(NC(C)(C)C)nc3cc(-c4ccnn4C4CCCCO4)sc23)C[C@@H](C)O1. The van der Waals surface area contributed by atoms with Gasteiger partial charge in [-0.3, -0.25) is 4.90 Å². The molecular weight excluding hydrogens is 472 g/mol. The number of hydrogen-bond acceptors (Lipinski definition) is 8. The van der Waals surface area contributed by atoms with Gasteiger partial charge < -0.3 is 20.1 Å². The molecule has 2 fully saturated rings. The number of hydrogen-bond donors (Lipinski definition) is 2. The van der Waals surface area contributed by atoms with Gasteiger partial charge in [0.25, 0.3) is 0 Å². The summed E-state index contributed by atoms with van der Waals surface area (Å²) in [5.41, 5.74) is 3.14. The molecule has 0 radical (unpaired) electrons. The Bertz CT molecular complexity index is 1150. The topological polar surface area (TPSA) is 76.5 Å². The molecule has 5 heterocycles. The van der Waals surface area contributed by atoms with Gasteiger partial charge in [-0.1, -0.05) is 0 Å². The largest absolute Gasteiger partial charge is 0.382 e. The third-order valence-electron chi connectivity index (χ3n) is 6.57. The molecule has 2 aliphatic rings. The third kappa shape index (κ3) is 6.02. The van der Waals surface area contributed by atoms with Crippen molar-refractivity contribution in [1.29, 1.82) is 0 Å². The minimum absolute atomic E-state index is 0.0101. The minimum Gasteiger partial charge on any atom is -0.382 e. The van der Waals surface area contributed by atoms with Crippen molar-refractivity contribution in [3.63, 3.8) is 0 Å². The van der Waals surface area contributed by atoms with Crippen LogP contribution in [-0.4, -0.2) is 70.2 Å². The highest BCUT2D eigenvalue weighted by Crippen LogP contribution is 2.39. The number of nitrogens with zero attached hydrogens (tertiary/aromatic N) is 4. The van der Waals surface area contributed by atoms with Crippen molar-refractivity contribution in [2.75, 3.05) is 43.4 Å². The number of rotatable bonds is 7. The lowest BCUT2D eigenvalue weighted by Gasteiger charge is -2.35. The van der Waals surface area contributed by atoms with Crippen LogP contribution in [0, 0.1) is 0 Å². The highest BCUT2D eigenvalue weighted by atomic mass is 32.1. The molecule has 2 aliphatic heterocycles. The highest BCUT2D eigenvalue weighted by molar-refractivity contribution is 7.22. The number of anilines is 2. The van der Waals surface area contributed by atoms with Crippen molar-refractivity contribution in [3.05, 3.63) is 24.4 Å². The smallest absolute Gasteiger partial charge is 0.150 e. The van der Waals surface area contributed by atoms with Gasteiger partial charge in [-0.2, -0.15) is 5.10 Å². The van der Waals surface area contributed by atoms with Crippen LogP contribution in [0.5, 0.6) is 0 Å². The fourth-order valence-corrected chi connectivity index (χ4v) is 6.31. The van der Waals surface area contributed by atoms with Crippen molar-refractivity contribution < 1.29 is 9.47 Å². The predicted molar refractivity (Wildman–Crippen MR) is 148 cm³/mol. The highest BCUT2D eigenvalue weighted by Gasteiger charge is 2.23. The Morgan fingerprint density at radius 2 is 1.94 bits per heavy atom. The number of pyridine rings is 1. The van der Waals surface area contributed by atoms with Crippen molar-refractivity contribution in [2.24, 2.45) is 0 Å². The van der Waals surface area contributed by atoms with Gasteiger partial charge in [0.15, 0.2) is 6.23 Å². The molecule has 3 atom stereocenters. The zero-order valence-electron chi connectivity index (χ0n) is 22.2. The van der Waals surface area contributed by atoms with E-state index in [1.807, 2.05) is 10.9 Å². The molecule has 0 saturated carbocycles. The first kappa shape index (κ1) is 25.4. The minimum atomic E-state index is -0.0756. The monoisotopic (exact) mass is 512 g/mol. The molecule has 9 heteroatoms. The van der Waals surface area contributed by atoms with E-state index in [1.165, 1.54) is 11.1 Å². The van der Waals surface area contributed by atoms with Gasteiger partial charge in [-0.15, -0.1) is 11.3 Å². The van der Waals surface area contributed by atoms with Crippen molar-refractivity contribution in [1.82, 2.24) is 19.7 Å². The summed E-state index contributed by atoms with van der Waals surface area (Å²) >= 11 is 1.77. The molecule has 3 aromatic heterocycles. The molecule has 0 spiro atoms. The Labute approximate surface area is 218 Å². The van der Waals surface area contributed by atoms with Crippen LogP contribution in [0.3, 0.4) is 0 Å². The first-order valence-corrected chi connectivity index (χ1v) is 14.1. The Balaban J connectivity index is 1.41. The number of nitrogens with one attached hydrogen (secondary N) is 2. The molecular formula is C27H40N6O2S. The van der Waals surface area contributed by atoms with E-state index >= 15 is 0 Å². The lowest BCUT2D eigenvalue weighted by Crippen LogP contribution is -2.46. The summed E-state index contributed by atoms with van der Waals surface area (Å²) in [5.74, 6) is 0.889. The maximum atomic E-state index is 6.04. The summed E-state index contributed by atoms with van der Waals surface area (Å²) in [4.78, 5) is 8.63. The molecule has 0 bridgehead atoms. The second-order valence-electron chi connectivity index (χ2n) is 11.2. The fourth-order valence-electron chi connectivity index (χ4n) is 5.20. The second kappa shape index (κ2) is 10.7. The lowest BCUT2D eigenvalue weighted by atomic mass is 10.1. The zero-order chi connectivity index (χ0) is 25.3. The van der Waals surface area contributed by atoms with Gasteiger partial charge in [-0.05, 0) is 66.0 Å². The van der Waals surface area contributed by atoms with Crippen molar-refractivity contribution in [3.8, 4) is 10.6 Å². The Kier molecular flexibility index (Phi) is 7.53. The van der Waals surface area contributed by atoms with Gasteiger partial charge >= 0.3 is 0 Å². The normalized spacial score (nSPS) is 23.8. The molecule has 2 N–H and O–H groups in total. The van der Waals surface area contributed by atoms with Crippen LogP contribution in [0.1, 0.15) is 60.1 Å². The quantitative estimate of drug-likeness (QED) is 0.427. The summed E-state index contributed by atoms with van der Waals surface area (Å²) in [7, 11) is 0. The van der Waals surface area contributed by atoms with Crippen LogP contribution in [-0.2, 0) is 9.47 Å². The summed E-state index contributed by atoms with van der Waals surface area (Å²) in [5, 5.41) is 11.9. The van der Waals surface area contributed by atoms with Crippen LogP contribution in [0.15, 0.2) is 24.4 Å². The molecule has 1 unspecified atom stereocenters. The first-order valence-electron chi connectivity index (χ1n) is 13.2. The molecule has 2 saturated heterocycles. The molecule has 3 aromatic rings. The Hall–Kier alpha value is -2.20. The van der Waals surface area contributed by atoms with Crippen LogP contribution >= 0.6 is 11.3 Å². The standard InChI is InChI=1S/C27H40N6O2S/c1-18-16-32(17-19(2)35-18)12-11-28-20-15-24(31-27(3,4)5)30-21-14-23(36-26(20)21)22-9-10-29-33(22)25-8-6-7-13-34-25/h9-10,14-15,18-19,25H,6-8,11-13,16-17H2,1-5H3,(H2,28,30,31)/t18-,19-,25?/m1/s1. The van der Waals surface area contributed by atoms with Crippen LogP contribution in [0.25, 0.3) is 20.8 Å². The van der Waals surface area contributed by atoms with Crippen LogP contribution in [0.2, 0.25) is 0 Å². The molecule has 0 amide bonds. The van der Waals surface area contributed by atoms with Gasteiger partial charge in [0.05, 0.1) is 38.7 Å².